The van der Waals surface area contributed by atoms with Crippen molar-refractivity contribution in [2.75, 3.05) is 26.2 Å². The van der Waals surface area contributed by atoms with Crippen molar-refractivity contribution in [2.45, 2.75) is 39.5 Å². The van der Waals surface area contributed by atoms with Gasteiger partial charge in [0.15, 0.2) is 0 Å². The lowest BCUT2D eigenvalue weighted by molar-refractivity contribution is 0.0658. The number of carbonyl (C=O) groups is 2. The highest BCUT2D eigenvalue weighted by molar-refractivity contribution is 5.95. The van der Waals surface area contributed by atoms with Crippen molar-refractivity contribution in [3.63, 3.8) is 0 Å². The zero-order valence-electron chi connectivity index (χ0n) is 16.9. The van der Waals surface area contributed by atoms with E-state index in [2.05, 4.69) is 23.8 Å². The summed E-state index contributed by atoms with van der Waals surface area (Å²) in [6, 6.07) is 7.10. The van der Waals surface area contributed by atoms with Gasteiger partial charge in [0.05, 0.1) is 11.1 Å². The Hall–Kier alpha value is -2.76. The Morgan fingerprint density at radius 2 is 1.18 bits per heavy atom. The number of nitrogens with zero attached hydrogens (tertiary/aromatic N) is 4. The molecule has 0 atom stereocenters. The third-order valence-corrected chi connectivity index (χ3v) is 4.59. The molecule has 0 unspecified atom stereocenters. The average Bonchev–Trinajstić information content (AvgIpc) is 2.76. The van der Waals surface area contributed by atoms with Gasteiger partial charge in [-0.15, -0.1) is 0 Å². The fourth-order valence-electron chi connectivity index (χ4n) is 2.91. The molecule has 0 spiro atoms. The predicted molar refractivity (Wildman–Crippen MR) is 110 cm³/mol. The summed E-state index contributed by atoms with van der Waals surface area (Å²) in [5.41, 5.74) is 1.16. The minimum absolute atomic E-state index is 0.0363. The zero-order chi connectivity index (χ0) is 20.2. The molecule has 2 rings (SSSR count). The van der Waals surface area contributed by atoms with Gasteiger partial charge in [-0.1, -0.05) is 26.7 Å². The first-order valence-electron chi connectivity index (χ1n) is 10.1. The van der Waals surface area contributed by atoms with Gasteiger partial charge in [-0.05, 0) is 37.1 Å². The monoisotopic (exact) mass is 382 g/mol. The smallest absolute Gasteiger partial charge is 0.255 e. The lowest BCUT2D eigenvalue weighted by atomic mass is 10.2. The van der Waals surface area contributed by atoms with Crippen LogP contribution >= 0.6 is 0 Å². The largest absolute Gasteiger partial charge is 0.337 e. The molecule has 2 aromatic heterocycles. The number of hydrogen-bond acceptors (Lipinski definition) is 4. The summed E-state index contributed by atoms with van der Waals surface area (Å²) in [7, 11) is 0. The van der Waals surface area contributed by atoms with Crippen LogP contribution in [0.25, 0.3) is 0 Å². The van der Waals surface area contributed by atoms with E-state index < -0.39 is 0 Å². The van der Waals surface area contributed by atoms with E-state index in [1.165, 1.54) is 0 Å². The van der Waals surface area contributed by atoms with Crippen LogP contribution in [-0.4, -0.2) is 57.8 Å². The SMILES string of the molecule is CCCCN(CCN(CCCC)C(=O)c1cccnc1)C(=O)c1cccnc1. The highest BCUT2D eigenvalue weighted by atomic mass is 16.2. The van der Waals surface area contributed by atoms with Crippen LogP contribution in [0, 0.1) is 0 Å². The van der Waals surface area contributed by atoms with E-state index in [0.717, 1.165) is 25.7 Å². The molecule has 150 valence electrons. The van der Waals surface area contributed by atoms with Crippen LogP contribution in [0.1, 0.15) is 60.2 Å². The lowest BCUT2D eigenvalue weighted by Gasteiger charge is -2.28. The van der Waals surface area contributed by atoms with Gasteiger partial charge in [-0.25, -0.2) is 0 Å². The Kier molecular flexibility index (Phi) is 9.11. The topological polar surface area (TPSA) is 66.4 Å². The first-order valence-corrected chi connectivity index (χ1v) is 10.1. The van der Waals surface area contributed by atoms with Crippen LogP contribution in [0.15, 0.2) is 49.1 Å². The molecule has 6 heteroatoms. The van der Waals surface area contributed by atoms with Crippen LogP contribution in [0.5, 0.6) is 0 Å². The lowest BCUT2D eigenvalue weighted by Crippen LogP contribution is -2.42. The van der Waals surface area contributed by atoms with Crippen molar-refractivity contribution in [1.29, 1.82) is 0 Å². The molecule has 6 nitrogen and oxygen atoms in total. The Labute approximate surface area is 167 Å². The van der Waals surface area contributed by atoms with Crippen molar-refractivity contribution >= 4 is 11.8 Å². The summed E-state index contributed by atoms with van der Waals surface area (Å²) in [4.78, 5) is 37.5. The van der Waals surface area contributed by atoms with Gasteiger partial charge >= 0.3 is 0 Å². The van der Waals surface area contributed by atoms with Gasteiger partial charge in [0.2, 0.25) is 0 Å². The van der Waals surface area contributed by atoms with E-state index in [1.54, 1.807) is 49.1 Å². The third kappa shape index (κ3) is 6.44. The maximum Gasteiger partial charge on any atom is 0.255 e. The predicted octanol–water partition coefficient (Wildman–Crippen LogP) is 3.66. The van der Waals surface area contributed by atoms with Gasteiger partial charge in [0.25, 0.3) is 11.8 Å². The number of amides is 2. The molecule has 2 amide bonds. The number of pyridine rings is 2. The highest BCUT2D eigenvalue weighted by Crippen LogP contribution is 2.09. The molecule has 0 N–H and O–H groups in total. The van der Waals surface area contributed by atoms with Gasteiger partial charge in [0, 0.05) is 51.0 Å². The Morgan fingerprint density at radius 3 is 1.50 bits per heavy atom. The Morgan fingerprint density at radius 1 is 0.750 bits per heavy atom. The molecule has 0 aliphatic heterocycles. The maximum atomic E-state index is 12.9. The number of hydrogen-bond donors (Lipinski definition) is 0. The summed E-state index contributed by atoms with van der Waals surface area (Å²) in [5.74, 6) is -0.0726. The average molecular weight is 383 g/mol. The minimum atomic E-state index is -0.0363. The van der Waals surface area contributed by atoms with E-state index in [0.29, 0.717) is 37.3 Å². The van der Waals surface area contributed by atoms with E-state index in [1.807, 2.05) is 9.80 Å². The first kappa shape index (κ1) is 21.5. The van der Waals surface area contributed by atoms with Gasteiger partial charge in [-0.2, -0.15) is 0 Å². The van der Waals surface area contributed by atoms with E-state index in [-0.39, 0.29) is 11.8 Å². The van der Waals surface area contributed by atoms with Crippen LogP contribution < -0.4 is 0 Å². The van der Waals surface area contributed by atoms with Crippen LogP contribution in [0.4, 0.5) is 0 Å². The minimum Gasteiger partial charge on any atom is -0.337 e. The normalized spacial score (nSPS) is 10.5. The Balaban J connectivity index is 2.09. The van der Waals surface area contributed by atoms with Gasteiger partial charge < -0.3 is 9.80 Å². The second-order valence-electron chi connectivity index (χ2n) is 6.77. The van der Waals surface area contributed by atoms with Crippen molar-refractivity contribution in [3.05, 3.63) is 60.2 Å². The Bertz CT molecular complexity index is 658. The van der Waals surface area contributed by atoms with Gasteiger partial charge in [0.1, 0.15) is 0 Å². The van der Waals surface area contributed by atoms with Crippen LogP contribution in [0.2, 0.25) is 0 Å². The molecule has 2 heterocycles. The van der Waals surface area contributed by atoms with Crippen molar-refractivity contribution in [3.8, 4) is 0 Å². The quantitative estimate of drug-likeness (QED) is 0.595. The van der Waals surface area contributed by atoms with Crippen molar-refractivity contribution in [1.82, 2.24) is 19.8 Å². The second kappa shape index (κ2) is 11.8. The molecule has 0 aromatic carbocycles. The molecule has 0 bridgehead atoms. The summed E-state index contributed by atoms with van der Waals surface area (Å²) >= 11 is 0. The number of unbranched alkanes of at least 4 members (excludes halogenated alkanes) is 2. The van der Waals surface area contributed by atoms with Crippen molar-refractivity contribution < 1.29 is 9.59 Å². The molecular formula is C22H30N4O2. The summed E-state index contributed by atoms with van der Waals surface area (Å²) in [6.07, 6.45) is 10.4. The number of carbonyl (C=O) groups excluding carboxylic acids is 2. The third-order valence-electron chi connectivity index (χ3n) is 4.59. The zero-order valence-corrected chi connectivity index (χ0v) is 16.9. The molecule has 0 aliphatic carbocycles. The first-order chi connectivity index (χ1) is 13.7. The molecular weight excluding hydrogens is 352 g/mol. The standard InChI is InChI=1S/C22H30N4O2/c1-3-5-13-25(21(27)19-9-7-11-23-17-19)15-16-26(14-6-4-2)22(28)20-10-8-12-24-18-20/h7-12,17-18H,3-6,13-16H2,1-2H3. The van der Waals surface area contributed by atoms with E-state index in [9.17, 15) is 9.59 Å². The van der Waals surface area contributed by atoms with Crippen molar-refractivity contribution in [2.24, 2.45) is 0 Å². The molecule has 2 aromatic rings. The fourth-order valence-corrected chi connectivity index (χ4v) is 2.91. The van der Waals surface area contributed by atoms with Crippen LogP contribution in [-0.2, 0) is 0 Å². The summed E-state index contributed by atoms with van der Waals surface area (Å²) < 4.78 is 0. The number of aromatic nitrogens is 2. The molecule has 28 heavy (non-hydrogen) atoms. The highest BCUT2D eigenvalue weighted by Gasteiger charge is 2.20. The van der Waals surface area contributed by atoms with Gasteiger partial charge in [-0.3, -0.25) is 19.6 Å². The molecule has 0 radical (unpaired) electrons. The maximum absolute atomic E-state index is 12.9. The molecule has 0 fully saturated rings. The van der Waals surface area contributed by atoms with E-state index in [4.69, 9.17) is 0 Å². The molecule has 0 aliphatic rings. The van der Waals surface area contributed by atoms with E-state index >= 15 is 0 Å². The second-order valence-corrected chi connectivity index (χ2v) is 6.77. The number of rotatable bonds is 11. The summed E-state index contributed by atoms with van der Waals surface area (Å²) in [6.45, 7) is 6.56. The molecule has 0 saturated carbocycles. The van der Waals surface area contributed by atoms with Crippen LogP contribution in [0.3, 0.4) is 0 Å². The fraction of sp³-hybridized carbons (Fsp3) is 0.455. The summed E-state index contributed by atoms with van der Waals surface area (Å²) in [5, 5.41) is 0. The molecule has 0 saturated heterocycles.